The van der Waals surface area contributed by atoms with Gasteiger partial charge in [-0.3, -0.25) is 0 Å². The SMILES string of the molecule is Cc1ccc(Cl)c(Nc2c[c]ccc2)c1Cl. The van der Waals surface area contributed by atoms with E-state index in [0.29, 0.717) is 10.0 Å². The largest absolute Gasteiger partial charge is 0.353 e. The third-order valence-electron chi connectivity index (χ3n) is 2.26. The van der Waals surface area contributed by atoms with Crippen molar-refractivity contribution in [3.05, 3.63) is 58.1 Å². The summed E-state index contributed by atoms with van der Waals surface area (Å²) in [5.41, 5.74) is 2.65. The van der Waals surface area contributed by atoms with Crippen LogP contribution in [0.2, 0.25) is 10.0 Å². The van der Waals surface area contributed by atoms with Gasteiger partial charge in [-0.15, -0.1) is 0 Å². The van der Waals surface area contributed by atoms with Crippen LogP contribution < -0.4 is 5.32 Å². The first kappa shape index (κ1) is 11.3. The molecule has 0 bridgehead atoms. The maximum absolute atomic E-state index is 6.19. The fourth-order valence-electron chi connectivity index (χ4n) is 1.39. The minimum absolute atomic E-state index is 0.611. The molecule has 0 heterocycles. The number of benzene rings is 2. The molecule has 0 spiro atoms. The van der Waals surface area contributed by atoms with Crippen LogP contribution in [0, 0.1) is 13.0 Å². The van der Waals surface area contributed by atoms with Gasteiger partial charge < -0.3 is 5.32 Å². The highest BCUT2D eigenvalue weighted by Crippen LogP contribution is 2.34. The van der Waals surface area contributed by atoms with Crippen LogP contribution >= 0.6 is 23.2 Å². The molecule has 81 valence electrons. The summed E-state index contributed by atoms with van der Waals surface area (Å²) in [5.74, 6) is 0. The first-order chi connectivity index (χ1) is 7.68. The Balaban J connectivity index is 2.38. The quantitative estimate of drug-likeness (QED) is 0.804. The van der Waals surface area contributed by atoms with Gasteiger partial charge in [-0.2, -0.15) is 0 Å². The van der Waals surface area contributed by atoms with E-state index in [-0.39, 0.29) is 0 Å². The highest BCUT2D eigenvalue weighted by molar-refractivity contribution is 6.39. The lowest BCUT2D eigenvalue weighted by Gasteiger charge is -2.11. The average molecular weight is 251 g/mol. The Hall–Kier alpha value is -1.18. The van der Waals surface area contributed by atoms with Crippen molar-refractivity contribution >= 4 is 34.6 Å². The van der Waals surface area contributed by atoms with Crippen LogP contribution in [-0.4, -0.2) is 0 Å². The molecular weight excluding hydrogens is 241 g/mol. The summed E-state index contributed by atoms with van der Waals surface area (Å²) in [5, 5.41) is 4.45. The van der Waals surface area contributed by atoms with Crippen molar-refractivity contribution in [3.63, 3.8) is 0 Å². The molecule has 0 aromatic heterocycles. The molecule has 1 N–H and O–H groups in total. The average Bonchev–Trinajstić information content (AvgIpc) is 2.31. The highest BCUT2D eigenvalue weighted by Gasteiger charge is 2.08. The number of anilines is 2. The van der Waals surface area contributed by atoms with Gasteiger partial charge in [-0.1, -0.05) is 41.4 Å². The van der Waals surface area contributed by atoms with Crippen molar-refractivity contribution in [2.75, 3.05) is 5.32 Å². The summed E-state index contributed by atoms with van der Waals surface area (Å²) in [6, 6.07) is 14.2. The van der Waals surface area contributed by atoms with Gasteiger partial charge in [0.1, 0.15) is 0 Å². The normalized spacial score (nSPS) is 10.2. The molecule has 0 aliphatic heterocycles. The molecule has 2 aromatic rings. The number of hydrogen-bond donors (Lipinski definition) is 1. The fourth-order valence-corrected chi connectivity index (χ4v) is 1.85. The number of rotatable bonds is 2. The second kappa shape index (κ2) is 4.77. The lowest BCUT2D eigenvalue weighted by atomic mass is 10.2. The number of nitrogens with one attached hydrogen (secondary N) is 1. The summed E-state index contributed by atoms with van der Waals surface area (Å²) in [6.45, 7) is 1.95. The molecule has 0 fully saturated rings. The van der Waals surface area contributed by atoms with E-state index in [2.05, 4.69) is 11.4 Å². The Bertz CT molecular complexity index is 495. The molecule has 2 rings (SSSR count). The fraction of sp³-hybridized carbons (Fsp3) is 0.0769. The van der Waals surface area contributed by atoms with Crippen molar-refractivity contribution in [2.45, 2.75) is 6.92 Å². The minimum Gasteiger partial charge on any atom is -0.353 e. The summed E-state index contributed by atoms with van der Waals surface area (Å²) in [7, 11) is 0. The summed E-state index contributed by atoms with van der Waals surface area (Å²) in [4.78, 5) is 0. The van der Waals surface area contributed by atoms with Gasteiger partial charge in [0.05, 0.1) is 15.7 Å². The Morgan fingerprint density at radius 2 is 2.00 bits per heavy atom. The molecule has 0 saturated heterocycles. The van der Waals surface area contributed by atoms with Crippen LogP contribution in [0.25, 0.3) is 0 Å². The van der Waals surface area contributed by atoms with Crippen molar-refractivity contribution in [1.29, 1.82) is 0 Å². The van der Waals surface area contributed by atoms with E-state index in [1.807, 2.05) is 43.3 Å². The van der Waals surface area contributed by atoms with E-state index >= 15 is 0 Å². The lowest BCUT2D eigenvalue weighted by Crippen LogP contribution is -1.93. The Labute approximate surface area is 105 Å². The van der Waals surface area contributed by atoms with Crippen molar-refractivity contribution < 1.29 is 0 Å². The van der Waals surface area contributed by atoms with Crippen LogP contribution in [0.15, 0.2) is 36.4 Å². The van der Waals surface area contributed by atoms with Gasteiger partial charge in [0.2, 0.25) is 0 Å². The zero-order valence-electron chi connectivity index (χ0n) is 8.72. The highest BCUT2D eigenvalue weighted by atomic mass is 35.5. The first-order valence-electron chi connectivity index (χ1n) is 4.86. The van der Waals surface area contributed by atoms with E-state index in [1.54, 1.807) is 0 Å². The molecular formula is C13H10Cl2N. The summed E-state index contributed by atoms with van der Waals surface area (Å²) in [6.07, 6.45) is 0. The number of hydrogen-bond acceptors (Lipinski definition) is 1. The molecule has 0 saturated carbocycles. The Kier molecular flexibility index (Phi) is 3.37. The molecule has 0 atom stereocenters. The van der Waals surface area contributed by atoms with E-state index in [1.165, 1.54) is 0 Å². The van der Waals surface area contributed by atoms with E-state index in [0.717, 1.165) is 16.9 Å². The molecule has 0 aliphatic carbocycles. The molecule has 2 aromatic carbocycles. The second-order valence-corrected chi connectivity index (χ2v) is 4.26. The van der Waals surface area contributed by atoms with E-state index in [4.69, 9.17) is 23.2 Å². The van der Waals surface area contributed by atoms with Gasteiger partial charge in [-0.25, -0.2) is 0 Å². The van der Waals surface area contributed by atoms with Crippen LogP contribution in [-0.2, 0) is 0 Å². The van der Waals surface area contributed by atoms with Gasteiger partial charge in [0.15, 0.2) is 0 Å². The monoisotopic (exact) mass is 250 g/mol. The molecule has 0 aliphatic rings. The van der Waals surface area contributed by atoms with E-state index in [9.17, 15) is 0 Å². The topological polar surface area (TPSA) is 12.0 Å². The third-order valence-corrected chi connectivity index (χ3v) is 3.06. The summed E-state index contributed by atoms with van der Waals surface area (Å²) < 4.78 is 0. The minimum atomic E-state index is 0.611. The second-order valence-electron chi connectivity index (χ2n) is 3.47. The van der Waals surface area contributed by atoms with Crippen molar-refractivity contribution in [3.8, 4) is 0 Å². The van der Waals surface area contributed by atoms with E-state index < -0.39 is 0 Å². The van der Waals surface area contributed by atoms with Crippen LogP contribution in [0.5, 0.6) is 0 Å². The standard InChI is InChI=1S/C13H10Cl2N/c1-9-7-8-11(14)13(12(9)15)16-10-5-3-2-4-6-10/h2-3,5-8,16H,1H3. The number of halogens is 2. The van der Waals surface area contributed by atoms with Gasteiger partial charge in [0.25, 0.3) is 0 Å². The number of aryl methyl sites for hydroxylation is 1. The predicted molar refractivity (Wildman–Crippen MR) is 69.8 cm³/mol. The van der Waals surface area contributed by atoms with Crippen LogP contribution in [0.1, 0.15) is 5.56 Å². The molecule has 0 unspecified atom stereocenters. The smallest absolute Gasteiger partial charge is 0.0765 e. The molecule has 16 heavy (non-hydrogen) atoms. The maximum Gasteiger partial charge on any atom is 0.0765 e. The van der Waals surface area contributed by atoms with Gasteiger partial charge in [-0.05, 0) is 36.8 Å². The predicted octanol–water partition coefficient (Wildman–Crippen LogP) is 4.85. The van der Waals surface area contributed by atoms with Crippen LogP contribution in [0.3, 0.4) is 0 Å². The summed E-state index contributed by atoms with van der Waals surface area (Å²) >= 11 is 12.3. The molecule has 1 radical (unpaired) electrons. The van der Waals surface area contributed by atoms with Crippen molar-refractivity contribution in [2.24, 2.45) is 0 Å². The molecule has 0 amide bonds. The Morgan fingerprint density at radius 1 is 1.19 bits per heavy atom. The van der Waals surface area contributed by atoms with Gasteiger partial charge >= 0.3 is 0 Å². The lowest BCUT2D eigenvalue weighted by molar-refractivity contribution is 1.45. The Morgan fingerprint density at radius 3 is 2.69 bits per heavy atom. The molecule has 1 nitrogen and oxygen atoms in total. The molecule has 3 heteroatoms. The third kappa shape index (κ3) is 2.31. The van der Waals surface area contributed by atoms with Crippen LogP contribution in [0.4, 0.5) is 11.4 Å². The zero-order chi connectivity index (χ0) is 11.5. The zero-order valence-corrected chi connectivity index (χ0v) is 10.2. The first-order valence-corrected chi connectivity index (χ1v) is 5.62. The van der Waals surface area contributed by atoms with Gasteiger partial charge in [0, 0.05) is 5.69 Å². The maximum atomic E-state index is 6.19. The van der Waals surface area contributed by atoms with Crippen molar-refractivity contribution in [1.82, 2.24) is 0 Å².